The molecule has 0 aromatic heterocycles. The number of carbonyl (C=O) groups is 1. The first-order chi connectivity index (χ1) is 8.58. The van der Waals surface area contributed by atoms with Crippen LogP contribution in [0.4, 0.5) is 11.4 Å². The third-order valence-corrected chi connectivity index (χ3v) is 3.06. The number of non-ortho nitro benzene ring substituents is 1. The van der Waals surface area contributed by atoms with Crippen molar-refractivity contribution in [3.8, 4) is 0 Å². The van der Waals surface area contributed by atoms with Crippen molar-refractivity contribution in [1.29, 1.82) is 0 Å². The predicted molar refractivity (Wildman–Crippen MR) is 67.5 cm³/mol. The molecule has 0 bridgehead atoms. The van der Waals surface area contributed by atoms with Gasteiger partial charge in [-0.1, -0.05) is 0 Å². The van der Waals surface area contributed by atoms with Crippen LogP contribution in [-0.2, 0) is 4.79 Å². The van der Waals surface area contributed by atoms with Crippen molar-refractivity contribution in [1.82, 2.24) is 5.32 Å². The van der Waals surface area contributed by atoms with Crippen molar-refractivity contribution >= 4 is 17.3 Å². The third kappa shape index (κ3) is 2.65. The van der Waals surface area contributed by atoms with Crippen molar-refractivity contribution in [3.05, 3.63) is 33.9 Å². The van der Waals surface area contributed by atoms with Gasteiger partial charge in [-0.25, -0.2) is 0 Å². The lowest BCUT2D eigenvalue weighted by Crippen LogP contribution is -2.35. The number of hydrogen-bond acceptors (Lipinski definition) is 4. The molecule has 0 aliphatic carbocycles. The number of nitrogens with one attached hydrogen (secondary N) is 2. The first kappa shape index (κ1) is 12.5. The normalized spacial score (nSPS) is 18.6. The smallest absolute Gasteiger partial charge is 0.269 e. The number of nitro groups is 1. The molecule has 18 heavy (non-hydrogen) atoms. The van der Waals surface area contributed by atoms with Gasteiger partial charge in [0.1, 0.15) is 0 Å². The van der Waals surface area contributed by atoms with E-state index in [1.165, 1.54) is 12.1 Å². The van der Waals surface area contributed by atoms with Gasteiger partial charge in [-0.15, -0.1) is 0 Å². The SMILES string of the molecule is Cc1cc([N+](=O)[O-])ccc1NC(=O)[C@@H]1CCCN1. The summed E-state index contributed by atoms with van der Waals surface area (Å²) >= 11 is 0. The second-order valence-electron chi connectivity index (χ2n) is 4.39. The molecule has 1 aliphatic heterocycles. The molecule has 2 N–H and O–H groups in total. The second-order valence-corrected chi connectivity index (χ2v) is 4.39. The summed E-state index contributed by atoms with van der Waals surface area (Å²) in [5.41, 5.74) is 1.35. The molecule has 96 valence electrons. The fraction of sp³-hybridized carbons (Fsp3) is 0.417. The Balaban J connectivity index is 2.09. The molecule has 1 atom stereocenters. The lowest BCUT2D eigenvalue weighted by atomic mass is 10.1. The molecule has 0 radical (unpaired) electrons. The minimum Gasteiger partial charge on any atom is -0.324 e. The molecule has 1 saturated heterocycles. The molecular weight excluding hydrogens is 234 g/mol. The van der Waals surface area contributed by atoms with Crippen LogP contribution in [0.5, 0.6) is 0 Å². The molecule has 1 aromatic carbocycles. The number of aryl methyl sites for hydroxylation is 1. The molecular formula is C12H15N3O3. The largest absolute Gasteiger partial charge is 0.324 e. The summed E-state index contributed by atoms with van der Waals surface area (Å²) in [5, 5.41) is 16.5. The van der Waals surface area contributed by atoms with E-state index in [0.717, 1.165) is 19.4 Å². The zero-order valence-electron chi connectivity index (χ0n) is 10.1. The van der Waals surface area contributed by atoms with Crippen LogP contribution in [0, 0.1) is 17.0 Å². The Labute approximate surface area is 105 Å². The topological polar surface area (TPSA) is 84.3 Å². The summed E-state index contributed by atoms with van der Waals surface area (Å²) in [6.07, 6.45) is 1.83. The summed E-state index contributed by atoms with van der Waals surface area (Å²) in [4.78, 5) is 22.0. The van der Waals surface area contributed by atoms with E-state index >= 15 is 0 Å². The van der Waals surface area contributed by atoms with Crippen LogP contribution in [0.3, 0.4) is 0 Å². The van der Waals surface area contributed by atoms with Gasteiger partial charge in [0.2, 0.25) is 5.91 Å². The van der Waals surface area contributed by atoms with Gasteiger partial charge in [-0.05, 0) is 37.9 Å². The fourth-order valence-corrected chi connectivity index (χ4v) is 2.03. The van der Waals surface area contributed by atoms with Crippen LogP contribution in [0.25, 0.3) is 0 Å². The van der Waals surface area contributed by atoms with Gasteiger partial charge in [0.15, 0.2) is 0 Å². The maximum atomic E-state index is 11.9. The van der Waals surface area contributed by atoms with Crippen LogP contribution in [0.15, 0.2) is 18.2 Å². The minimum atomic E-state index is -0.447. The van der Waals surface area contributed by atoms with Crippen molar-refractivity contribution < 1.29 is 9.72 Å². The van der Waals surface area contributed by atoms with Crippen molar-refractivity contribution in [3.63, 3.8) is 0 Å². The molecule has 6 nitrogen and oxygen atoms in total. The van der Waals surface area contributed by atoms with Crippen LogP contribution >= 0.6 is 0 Å². The summed E-state index contributed by atoms with van der Waals surface area (Å²) in [6, 6.07) is 4.27. The highest BCUT2D eigenvalue weighted by Gasteiger charge is 2.22. The van der Waals surface area contributed by atoms with Crippen LogP contribution in [0.1, 0.15) is 18.4 Å². The number of nitrogens with zero attached hydrogens (tertiary/aromatic N) is 1. The van der Waals surface area contributed by atoms with Gasteiger partial charge in [0.25, 0.3) is 5.69 Å². The van der Waals surface area contributed by atoms with Crippen molar-refractivity contribution in [2.24, 2.45) is 0 Å². The zero-order chi connectivity index (χ0) is 13.1. The van der Waals surface area contributed by atoms with Gasteiger partial charge in [-0.2, -0.15) is 0 Å². The van der Waals surface area contributed by atoms with Crippen molar-refractivity contribution in [2.75, 3.05) is 11.9 Å². The zero-order valence-corrected chi connectivity index (χ0v) is 10.1. The molecule has 1 aliphatic rings. The molecule has 1 amide bonds. The van der Waals surface area contributed by atoms with E-state index in [1.54, 1.807) is 13.0 Å². The molecule has 0 unspecified atom stereocenters. The first-order valence-corrected chi connectivity index (χ1v) is 5.87. The maximum absolute atomic E-state index is 11.9. The summed E-state index contributed by atoms with van der Waals surface area (Å²) in [5.74, 6) is -0.0792. The number of anilines is 1. The monoisotopic (exact) mass is 249 g/mol. The van der Waals surface area contributed by atoms with Crippen LogP contribution < -0.4 is 10.6 Å². The van der Waals surface area contributed by atoms with E-state index in [9.17, 15) is 14.9 Å². The summed E-state index contributed by atoms with van der Waals surface area (Å²) in [7, 11) is 0. The van der Waals surface area contributed by atoms with Crippen molar-refractivity contribution in [2.45, 2.75) is 25.8 Å². The number of benzene rings is 1. The molecule has 1 heterocycles. The van der Waals surface area contributed by atoms with E-state index < -0.39 is 4.92 Å². The molecule has 0 spiro atoms. The number of hydrogen-bond donors (Lipinski definition) is 2. The highest BCUT2D eigenvalue weighted by atomic mass is 16.6. The standard InChI is InChI=1S/C12H15N3O3/c1-8-7-9(15(17)18)4-5-10(8)14-12(16)11-3-2-6-13-11/h4-5,7,11,13H,2-3,6H2,1H3,(H,14,16)/t11-/m0/s1. The Hall–Kier alpha value is -1.95. The highest BCUT2D eigenvalue weighted by Crippen LogP contribution is 2.21. The van der Waals surface area contributed by atoms with Gasteiger partial charge in [-0.3, -0.25) is 14.9 Å². The Kier molecular flexibility index (Phi) is 3.57. The van der Waals surface area contributed by atoms with E-state index in [1.807, 2.05) is 0 Å². The van der Waals surface area contributed by atoms with E-state index in [0.29, 0.717) is 11.3 Å². The Bertz CT molecular complexity index is 481. The second kappa shape index (κ2) is 5.14. The summed E-state index contributed by atoms with van der Waals surface area (Å²) < 4.78 is 0. The summed E-state index contributed by atoms with van der Waals surface area (Å²) in [6.45, 7) is 2.60. The predicted octanol–water partition coefficient (Wildman–Crippen LogP) is 1.59. The number of nitro benzene ring substituents is 1. The lowest BCUT2D eigenvalue weighted by molar-refractivity contribution is -0.384. The quantitative estimate of drug-likeness (QED) is 0.629. The first-order valence-electron chi connectivity index (χ1n) is 5.87. The minimum absolute atomic E-state index is 0.0319. The van der Waals surface area contributed by atoms with Crippen LogP contribution in [-0.4, -0.2) is 23.4 Å². The van der Waals surface area contributed by atoms with Gasteiger partial charge in [0, 0.05) is 17.8 Å². The van der Waals surface area contributed by atoms with E-state index in [2.05, 4.69) is 10.6 Å². The highest BCUT2D eigenvalue weighted by molar-refractivity contribution is 5.95. The fourth-order valence-electron chi connectivity index (χ4n) is 2.03. The number of carbonyl (C=O) groups excluding carboxylic acids is 1. The lowest BCUT2D eigenvalue weighted by Gasteiger charge is -2.12. The third-order valence-electron chi connectivity index (χ3n) is 3.06. The van der Waals surface area contributed by atoms with Gasteiger partial charge in [0.05, 0.1) is 11.0 Å². The number of amides is 1. The molecule has 2 rings (SSSR count). The van der Waals surface area contributed by atoms with Gasteiger partial charge < -0.3 is 10.6 Å². The van der Waals surface area contributed by atoms with E-state index in [-0.39, 0.29) is 17.6 Å². The molecule has 1 aromatic rings. The Morgan fingerprint density at radius 2 is 2.33 bits per heavy atom. The molecule has 6 heteroatoms. The van der Waals surface area contributed by atoms with E-state index in [4.69, 9.17) is 0 Å². The van der Waals surface area contributed by atoms with Crippen LogP contribution in [0.2, 0.25) is 0 Å². The molecule has 0 saturated carbocycles. The average Bonchev–Trinajstić information content (AvgIpc) is 2.85. The molecule has 1 fully saturated rings. The average molecular weight is 249 g/mol. The number of rotatable bonds is 3. The maximum Gasteiger partial charge on any atom is 0.269 e. The Morgan fingerprint density at radius 1 is 1.56 bits per heavy atom. The van der Waals surface area contributed by atoms with Gasteiger partial charge >= 0.3 is 0 Å². The Morgan fingerprint density at radius 3 is 2.89 bits per heavy atom.